The second-order valence-corrected chi connectivity index (χ2v) is 7.12. The van der Waals surface area contributed by atoms with E-state index in [0.717, 1.165) is 36.5 Å². The Labute approximate surface area is 154 Å². The minimum atomic E-state index is 0.895. The number of fused-ring (bicyclic) bond motifs is 3. The number of benzene rings is 1. The molecule has 0 fully saturated rings. The molecule has 0 spiro atoms. The van der Waals surface area contributed by atoms with Gasteiger partial charge in [-0.15, -0.1) is 0 Å². The van der Waals surface area contributed by atoms with Gasteiger partial charge in [0.1, 0.15) is 5.76 Å². The molecule has 1 aliphatic rings. The lowest BCUT2D eigenvalue weighted by molar-refractivity contribution is 0.311. The SMILES string of the molecule is COC(=C(C)n1c2c(c3cc(C)ccc31)CN(C)CC2)c1ccncc1. The highest BCUT2D eigenvalue weighted by molar-refractivity contribution is 5.92. The van der Waals surface area contributed by atoms with Gasteiger partial charge in [-0.3, -0.25) is 4.98 Å². The minimum Gasteiger partial charge on any atom is -0.494 e. The van der Waals surface area contributed by atoms with Crippen molar-refractivity contribution >= 4 is 22.4 Å². The standard InChI is InChI=1S/C22H25N3O/c1-15-5-6-20-18(13-15)19-14-24(3)12-9-21(19)25(20)16(2)22(26-4)17-7-10-23-11-8-17/h5-8,10-11,13H,9,12,14H2,1-4H3. The fourth-order valence-electron chi connectivity index (χ4n) is 4.07. The van der Waals surface area contributed by atoms with Crippen LogP contribution in [0.2, 0.25) is 0 Å². The van der Waals surface area contributed by atoms with Gasteiger partial charge >= 0.3 is 0 Å². The average Bonchev–Trinajstić information content (AvgIpc) is 2.96. The summed E-state index contributed by atoms with van der Waals surface area (Å²) in [6.45, 7) is 6.38. The maximum atomic E-state index is 5.83. The zero-order valence-corrected chi connectivity index (χ0v) is 15.9. The third-order valence-electron chi connectivity index (χ3n) is 5.31. The molecular formula is C22H25N3O. The van der Waals surface area contributed by atoms with E-state index in [1.54, 1.807) is 7.11 Å². The maximum absolute atomic E-state index is 5.83. The van der Waals surface area contributed by atoms with Gasteiger partial charge < -0.3 is 14.2 Å². The van der Waals surface area contributed by atoms with Crippen LogP contribution < -0.4 is 0 Å². The number of methoxy groups -OCH3 is 1. The van der Waals surface area contributed by atoms with Crippen molar-refractivity contribution in [2.75, 3.05) is 20.7 Å². The summed E-state index contributed by atoms with van der Waals surface area (Å²) in [4.78, 5) is 6.53. The fourth-order valence-corrected chi connectivity index (χ4v) is 4.07. The van der Waals surface area contributed by atoms with Gasteiger partial charge in [-0.2, -0.15) is 0 Å². The first-order valence-electron chi connectivity index (χ1n) is 9.07. The predicted octanol–water partition coefficient (Wildman–Crippen LogP) is 4.32. The number of nitrogens with zero attached hydrogens (tertiary/aromatic N) is 3. The molecular weight excluding hydrogens is 322 g/mol. The van der Waals surface area contributed by atoms with Crippen molar-refractivity contribution in [1.82, 2.24) is 14.5 Å². The number of pyridine rings is 1. The molecule has 4 rings (SSSR count). The van der Waals surface area contributed by atoms with Gasteiger partial charge in [-0.25, -0.2) is 0 Å². The summed E-state index contributed by atoms with van der Waals surface area (Å²) in [7, 11) is 3.94. The van der Waals surface area contributed by atoms with Gasteiger partial charge in [0.2, 0.25) is 0 Å². The third-order valence-corrected chi connectivity index (χ3v) is 5.31. The lowest BCUT2D eigenvalue weighted by Crippen LogP contribution is -2.27. The lowest BCUT2D eigenvalue weighted by atomic mass is 10.0. The zero-order chi connectivity index (χ0) is 18.3. The maximum Gasteiger partial charge on any atom is 0.145 e. The van der Waals surface area contributed by atoms with Gasteiger partial charge in [-0.05, 0) is 50.7 Å². The topological polar surface area (TPSA) is 30.3 Å². The first-order chi connectivity index (χ1) is 12.6. The Morgan fingerprint density at radius 3 is 2.65 bits per heavy atom. The summed E-state index contributed by atoms with van der Waals surface area (Å²) >= 11 is 0. The highest BCUT2D eigenvalue weighted by Crippen LogP contribution is 2.35. The minimum absolute atomic E-state index is 0.895. The van der Waals surface area contributed by atoms with Crippen LogP contribution >= 0.6 is 0 Å². The van der Waals surface area contributed by atoms with Gasteiger partial charge in [0.15, 0.2) is 0 Å². The van der Waals surface area contributed by atoms with E-state index >= 15 is 0 Å². The highest BCUT2D eigenvalue weighted by atomic mass is 16.5. The largest absolute Gasteiger partial charge is 0.494 e. The quantitative estimate of drug-likeness (QED) is 0.661. The van der Waals surface area contributed by atoms with Crippen molar-refractivity contribution in [2.45, 2.75) is 26.8 Å². The number of hydrogen-bond donors (Lipinski definition) is 0. The zero-order valence-electron chi connectivity index (χ0n) is 15.9. The molecule has 1 aromatic carbocycles. The molecule has 0 saturated carbocycles. The Hall–Kier alpha value is -2.59. The average molecular weight is 347 g/mol. The van der Waals surface area contributed by atoms with Crippen molar-refractivity contribution in [2.24, 2.45) is 0 Å². The monoisotopic (exact) mass is 347 g/mol. The number of hydrogen-bond acceptors (Lipinski definition) is 3. The van der Waals surface area contributed by atoms with E-state index in [-0.39, 0.29) is 0 Å². The summed E-state index contributed by atoms with van der Waals surface area (Å²) in [6, 6.07) is 10.7. The molecule has 0 unspecified atom stereocenters. The Morgan fingerprint density at radius 1 is 1.15 bits per heavy atom. The predicted molar refractivity (Wildman–Crippen MR) is 107 cm³/mol. The van der Waals surface area contributed by atoms with Crippen LogP contribution in [-0.4, -0.2) is 35.2 Å². The molecule has 0 atom stereocenters. The van der Waals surface area contributed by atoms with Gasteiger partial charge in [0.25, 0.3) is 0 Å². The van der Waals surface area contributed by atoms with Crippen LogP contribution in [0.5, 0.6) is 0 Å². The highest BCUT2D eigenvalue weighted by Gasteiger charge is 2.24. The number of aryl methyl sites for hydroxylation is 1. The first-order valence-corrected chi connectivity index (χ1v) is 9.07. The Kier molecular flexibility index (Phi) is 4.29. The van der Waals surface area contributed by atoms with Crippen molar-refractivity contribution < 1.29 is 4.74 Å². The van der Waals surface area contributed by atoms with Crippen molar-refractivity contribution in [3.8, 4) is 0 Å². The molecule has 1 aliphatic heterocycles. The van der Waals surface area contributed by atoms with Gasteiger partial charge in [0, 0.05) is 48.5 Å². The van der Waals surface area contributed by atoms with Gasteiger partial charge in [0.05, 0.1) is 18.3 Å². The number of ether oxygens (including phenoxy) is 1. The molecule has 0 amide bonds. The van der Waals surface area contributed by atoms with E-state index in [4.69, 9.17) is 4.74 Å². The number of rotatable bonds is 3. The second kappa shape index (κ2) is 6.61. The smallest absolute Gasteiger partial charge is 0.145 e. The van der Waals surface area contributed by atoms with E-state index in [1.807, 2.05) is 24.5 Å². The Balaban J connectivity index is 2.01. The van der Waals surface area contributed by atoms with E-state index in [1.165, 1.54) is 27.7 Å². The summed E-state index contributed by atoms with van der Waals surface area (Å²) in [6.07, 6.45) is 4.66. The lowest BCUT2D eigenvalue weighted by Gasteiger charge is -2.25. The van der Waals surface area contributed by atoms with E-state index in [0.29, 0.717) is 0 Å². The van der Waals surface area contributed by atoms with Crippen LogP contribution in [0, 0.1) is 6.92 Å². The molecule has 26 heavy (non-hydrogen) atoms. The van der Waals surface area contributed by atoms with Gasteiger partial charge in [-0.1, -0.05) is 11.6 Å². The molecule has 0 N–H and O–H groups in total. The summed E-state index contributed by atoms with van der Waals surface area (Å²) in [5.74, 6) is 0.895. The molecule has 0 saturated heterocycles. The van der Waals surface area contributed by atoms with Crippen LogP contribution in [0.15, 0.2) is 42.7 Å². The summed E-state index contributed by atoms with van der Waals surface area (Å²) in [5.41, 5.74) is 7.59. The molecule has 134 valence electrons. The fraction of sp³-hybridized carbons (Fsp3) is 0.318. The summed E-state index contributed by atoms with van der Waals surface area (Å²) < 4.78 is 8.23. The number of likely N-dealkylation sites (N-methyl/N-ethyl adjacent to an activating group) is 1. The Morgan fingerprint density at radius 2 is 1.92 bits per heavy atom. The Bertz CT molecular complexity index is 986. The van der Waals surface area contributed by atoms with E-state index in [2.05, 4.69) is 53.5 Å². The number of allylic oxidation sites excluding steroid dienone is 1. The van der Waals surface area contributed by atoms with Crippen molar-refractivity contribution in [3.05, 3.63) is 65.1 Å². The van der Waals surface area contributed by atoms with E-state index < -0.39 is 0 Å². The molecule has 2 aromatic heterocycles. The van der Waals surface area contributed by atoms with E-state index in [9.17, 15) is 0 Å². The third kappa shape index (κ3) is 2.71. The second-order valence-electron chi connectivity index (χ2n) is 7.12. The molecule has 3 heterocycles. The molecule has 4 heteroatoms. The van der Waals surface area contributed by atoms with Crippen LogP contribution in [0.25, 0.3) is 22.4 Å². The molecule has 0 aliphatic carbocycles. The van der Waals surface area contributed by atoms with Crippen LogP contribution in [-0.2, 0) is 17.7 Å². The normalized spacial score (nSPS) is 15.7. The van der Waals surface area contributed by atoms with Crippen LogP contribution in [0.4, 0.5) is 0 Å². The van der Waals surface area contributed by atoms with Crippen LogP contribution in [0.3, 0.4) is 0 Å². The summed E-state index contributed by atoms with van der Waals surface area (Å²) in [5, 5.41) is 1.36. The molecule has 0 radical (unpaired) electrons. The van der Waals surface area contributed by atoms with Crippen LogP contribution in [0.1, 0.15) is 29.3 Å². The number of aromatic nitrogens is 2. The first kappa shape index (κ1) is 16.9. The van der Waals surface area contributed by atoms with Crippen molar-refractivity contribution in [3.63, 3.8) is 0 Å². The van der Waals surface area contributed by atoms with Crippen molar-refractivity contribution in [1.29, 1.82) is 0 Å². The molecule has 0 bridgehead atoms. The molecule has 3 aromatic rings. The molecule has 4 nitrogen and oxygen atoms in total.